The lowest BCUT2D eigenvalue weighted by molar-refractivity contribution is -0.130. The number of aliphatic imine (C=N–C) groups is 1. The minimum atomic E-state index is 0. The highest BCUT2D eigenvalue weighted by Gasteiger charge is 2.21. The number of halogens is 1. The van der Waals surface area contributed by atoms with Gasteiger partial charge in [-0.3, -0.25) is 9.79 Å². The summed E-state index contributed by atoms with van der Waals surface area (Å²) in [6, 6.07) is 10.4. The Balaban J connectivity index is 0.00000364. The molecule has 150 valence electrons. The molecule has 1 aliphatic heterocycles. The van der Waals surface area contributed by atoms with Gasteiger partial charge < -0.3 is 20.0 Å². The number of para-hydroxylation sites is 1. The zero-order valence-corrected chi connectivity index (χ0v) is 18.8. The van der Waals surface area contributed by atoms with Crippen molar-refractivity contribution >= 4 is 41.5 Å². The molecule has 2 rings (SSSR count). The predicted octanol–water partition coefficient (Wildman–Crippen LogP) is 2.43. The number of guanidine groups is 1. The molecule has 1 N–H and O–H groups in total. The number of hydrogen-bond acceptors (Lipinski definition) is 3. The van der Waals surface area contributed by atoms with Gasteiger partial charge in [-0.15, -0.1) is 30.6 Å². The fourth-order valence-corrected chi connectivity index (χ4v) is 3.08. The van der Waals surface area contributed by atoms with Gasteiger partial charge in [0.1, 0.15) is 0 Å². The van der Waals surface area contributed by atoms with Gasteiger partial charge in [0.05, 0.1) is 6.54 Å². The van der Waals surface area contributed by atoms with E-state index in [1.807, 2.05) is 41.1 Å². The molecule has 1 aliphatic rings. The third-order valence-corrected chi connectivity index (χ3v) is 4.63. The zero-order chi connectivity index (χ0) is 18.8. The molecular weight excluding hydrogens is 453 g/mol. The Kier molecular flexibility index (Phi) is 10.8. The van der Waals surface area contributed by atoms with Crippen LogP contribution in [0.15, 0.2) is 48.0 Å². The number of nitrogens with one attached hydrogen (secondary N) is 1. The molecule has 7 heteroatoms. The summed E-state index contributed by atoms with van der Waals surface area (Å²) in [5, 5.41) is 3.18. The lowest BCUT2D eigenvalue weighted by Gasteiger charge is -2.36. The summed E-state index contributed by atoms with van der Waals surface area (Å²) < 4.78 is 0. The average Bonchev–Trinajstić information content (AvgIpc) is 2.69. The number of allylic oxidation sites excluding steroid dienone is 1. The molecule has 0 radical (unpaired) electrons. The quantitative estimate of drug-likeness (QED) is 0.212. The largest absolute Gasteiger partial charge is 0.368 e. The van der Waals surface area contributed by atoms with E-state index < -0.39 is 0 Å². The van der Waals surface area contributed by atoms with Gasteiger partial charge in [-0.1, -0.05) is 24.3 Å². The van der Waals surface area contributed by atoms with E-state index in [4.69, 9.17) is 0 Å². The average molecular weight is 485 g/mol. The zero-order valence-electron chi connectivity index (χ0n) is 16.4. The number of nitrogens with zero attached hydrogens (tertiary/aromatic N) is 4. The minimum absolute atomic E-state index is 0. The summed E-state index contributed by atoms with van der Waals surface area (Å²) in [6.07, 6.45) is 3.92. The highest BCUT2D eigenvalue weighted by atomic mass is 127. The van der Waals surface area contributed by atoms with Crippen molar-refractivity contribution in [2.45, 2.75) is 12.8 Å². The van der Waals surface area contributed by atoms with E-state index in [9.17, 15) is 4.79 Å². The molecule has 1 aromatic carbocycles. The Morgan fingerprint density at radius 1 is 1.26 bits per heavy atom. The van der Waals surface area contributed by atoms with Crippen LogP contribution in [-0.4, -0.2) is 75.0 Å². The Morgan fingerprint density at radius 3 is 2.52 bits per heavy atom. The molecule has 0 saturated carbocycles. The molecule has 1 saturated heterocycles. The highest BCUT2D eigenvalue weighted by Crippen LogP contribution is 2.15. The van der Waals surface area contributed by atoms with Crippen molar-refractivity contribution in [3.63, 3.8) is 0 Å². The van der Waals surface area contributed by atoms with E-state index in [0.29, 0.717) is 0 Å². The SMILES string of the molecule is C=CCCCN(C)C(=NC)NCC(=O)N1CCN(c2ccccc2)CC1.I. The maximum absolute atomic E-state index is 12.5. The number of piperazine rings is 1. The number of hydrogen-bond donors (Lipinski definition) is 1. The summed E-state index contributed by atoms with van der Waals surface area (Å²) in [5.74, 6) is 0.878. The van der Waals surface area contributed by atoms with E-state index in [-0.39, 0.29) is 36.4 Å². The second-order valence-corrected chi connectivity index (χ2v) is 6.46. The second kappa shape index (κ2) is 12.6. The lowest BCUT2D eigenvalue weighted by atomic mass is 10.2. The van der Waals surface area contributed by atoms with Crippen LogP contribution in [0.1, 0.15) is 12.8 Å². The fraction of sp³-hybridized carbons (Fsp3) is 0.500. The van der Waals surface area contributed by atoms with Crippen LogP contribution in [0.3, 0.4) is 0 Å². The van der Waals surface area contributed by atoms with Crippen molar-refractivity contribution in [2.24, 2.45) is 4.99 Å². The van der Waals surface area contributed by atoms with Crippen LogP contribution in [0.4, 0.5) is 5.69 Å². The normalized spacial score (nSPS) is 14.4. The first kappa shape index (κ1) is 23.3. The van der Waals surface area contributed by atoms with Crippen LogP contribution < -0.4 is 10.2 Å². The summed E-state index contributed by atoms with van der Waals surface area (Å²) in [4.78, 5) is 23.1. The van der Waals surface area contributed by atoms with E-state index in [0.717, 1.165) is 51.5 Å². The van der Waals surface area contributed by atoms with Gasteiger partial charge in [-0.2, -0.15) is 0 Å². The maximum atomic E-state index is 12.5. The molecule has 1 fully saturated rings. The topological polar surface area (TPSA) is 51.2 Å². The summed E-state index contributed by atoms with van der Waals surface area (Å²) >= 11 is 0. The van der Waals surface area contributed by atoms with E-state index in [2.05, 4.69) is 33.9 Å². The van der Waals surface area contributed by atoms with Crippen molar-refractivity contribution in [2.75, 3.05) is 58.3 Å². The molecular formula is C20H32IN5O. The van der Waals surface area contributed by atoms with Crippen LogP contribution in [-0.2, 0) is 4.79 Å². The fourth-order valence-electron chi connectivity index (χ4n) is 3.08. The third-order valence-electron chi connectivity index (χ3n) is 4.63. The van der Waals surface area contributed by atoms with Gasteiger partial charge in [0.15, 0.2) is 5.96 Å². The minimum Gasteiger partial charge on any atom is -0.368 e. The molecule has 0 aromatic heterocycles. The van der Waals surface area contributed by atoms with E-state index >= 15 is 0 Å². The number of amides is 1. The van der Waals surface area contributed by atoms with Crippen LogP contribution in [0.25, 0.3) is 0 Å². The first-order valence-corrected chi connectivity index (χ1v) is 9.26. The summed E-state index contributed by atoms with van der Waals surface area (Å²) in [6.45, 7) is 8.15. The Hall–Kier alpha value is -1.77. The molecule has 1 amide bonds. The Bertz CT molecular complexity index is 600. The number of benzene rings is 1. The van der Waals surface area contributed by atoms with Crippen molar-refractivity contribution in [1.82, 2.24) is 15.1 Å². The smallest absolute Gasteiger partial charge is 0.242 e. The van der Waals surface area contributed by atoms with Gasteiger partial charge in [-0.25, -0.2) is 0 Å². The van der Waals surface area contributed by atoms with E-state index in [1.54, 1.807) is 7.05 Å². The van der Waals surface area contributed by atoms with Gasteiger partial charge >= 0.3 is 0 Å². The molecule has 0 unspecified atom stereocenters. The molecule has 27 heavy (non-hydrogen) atoms. The summed E-state index contributed by atoms with van der Waals surface area (Å²) in [7, 11) is 3.73. The highest BCUT2D eigenvalue weighted by molar-refractivity contribution is 14.0. The maximum Gasteiger partial charge on any atom is 0.242 e. The number of anilines is 1. The number of carbonyl (C=O) groups is 1. The van der Waals surface area contributed by atoms with E-state index in [1.165, 1.54) is 5.69 Å². The molecule has 6 nitrogen and oxygen atoms in total. The van der Waals surface area contributed by atoms with Crippen LogP contribution in [0.2, 0.25) is 0 Å². The van der Waals surface area contributed by atoms with Gasteiger partial charge in [0.2, 0.25) is 5.91 Å². The lowest BCUT2D eigenvalue weighted by Crippen LogP contribution is -2.52. The van der Waals surface area contributed by atoms with Crippen molar-refractivity contribution in [1.29, 1.82) is 0 Å². The second-order valence-electron chi connectivity index (χ2n) is 6.46. The molecule has 1 heterocycles. The molecule has 0 spiro atoms. The first-order chi connectivity index (χ1) is 12.7. The molecule has 0 bridgehead atoms. The molecule has 1 aromatic rings. The van der Waals surface area contributed by atoms with Crippen LogP contribution >= 0.6 is 24.0 Å². The van der Waals surface area contributed by atoms with Crippen molar-refractivity contribution in [3.05, 3.63) is 43.0 Å². The Labute approximate surface area is 180 Å². The molecule has 0 aliphatic carbocycles. The van der Waals surface area contributed by atoms with Crippen molar-refractivity contribution in [3.8, 4) is 0 Å². The standard InChI is InChI=1S/C20H31N5O.HI/c1-4-5-9-12-23(3)20(21-2)22-17-19(26)25-15-13-24(14-16-25)18-10-7-6-8-11-18;/h4,6-8,10-11H,1,5,9,12-17H2,2-3H3,(H,21,22);1H. The monoisotopic (exact) mass is 485 g/mol. The predicted molar refractivity (Wildman–Crippen MR) is 124 cm³/mol. The first-order valence-electron chi connectivity index (χ1n) is 9.26. The van der Waals surface area contributed by atoms with Crippen LogP contribution in [0.5, 0.6) is 0 Å². The molecule has 0 atom stereocenters. The Morgan fingerprint density at radius 2 is 1.93 bits per heavy atom. The van der Waals surface area contributed by atoms with Crippen molar-refractivity contribution < 1.29 is 4.79 Å². The number of rotatable bonds is 7. The number of carbonyl (C=O) groups excluding carboxylic acids is 1. The van der Waals surface area contributed by atoms with Gasteiger partial charge in [0, 0.05) is 52.5 Å². The summed E-state index contributed by atoms with van der Waals surface area (Å²) in [5.41, 5.74) is 1.22. The van der Waals surface area contributed by atoms with Crippen LogP contribution in [0, 0.1) is 0 Å². The van der Waals surface area contributed by atoms with Gasteiger partial charge in [-0.05, 0) is 25.0 Å². The number of unbranched alkanes of at least 4 members (excludes halogenated alkanes) is 1. The van der Waals surface area contributed by atoms with Gasteiger partial charge in [0.25, 0.3) is 0 Å². The third kappa shape index (κ3) is 7.40.